The summed E-state index contributed by atoms with van der Waals surface area (Å²) in [7, 11) is 0. The molecule has 0 spiro atoms. The van der Waals surface area contributed by atoms with Crippen LogP contribution in [-0.4, -0.2) is 15.9 Å². The Morgan fingerprint density at radius 2 is 1.78 bits per heavy atom. The second-order valence-corrected chi connectivity index (χ2v) is 6.22. The minimum absolute atomic E-state index is 0.308. The van der Waals surface area contributed by atoms with Crippen LogP contribution in [0.3, 0.4) is 0 Å². The standard InChI is InChI=1S/C22H16FN3O/c1-14-6-7-16(23)12-20(14)26-22(27)18-13-21(15-8-10-24-11-9-15)25-19-5-3-2-4-17(18)19/h2-13H,1H3,(H,26,27). The summed E-state index contributed by atoms with van der Waals surface area (Å²) in [5.74, 6) is -0.703. The predicted octanol–water partition coefficient (Wildman–Crippen LogP) is 5.00. The molecule has 0 aliphatic rings. The van der Waals surface area contributed by atoms with Gasteiger partial charge in [0.05, 0.1) is 16.8 Å². The molecular weight excluding hydrogens is 341 g/mol. The number of carbonyl (C=O) groups is 1. The normalized spacial score (nSPS) is 10.7. The zero-order chi connectivity index (χ0) is 18.8. The summed E-state index contributed by atoms with van der Waals surface area (Å²) in [5.41, 5.74) is 3.98. The molecule has 2 aromatic heterocycles. The fourth-order valence-electron chi connectivity index (χ4n) is 2.95. The van der Waals surface area contributed by atoms with Crippen LogP contribution in [0.15, 0.2) is 73.1 Å². The van der Waals surface area contributed by atoms with E-state index in [-0.39, 0.29) is 5.91 Å². The number of benzene rings is 2. The van der Waals surface area contributed by atoms with Gasteiger partial charge in [0.25, 0.3) is 5.91 Å². The van der Waals surface area contributed by atoms with Crippen LogP contribution in [0.25, 0.3) is 22.2 Å². The number of aromatic nitrogens is 2. The summed E-state index contributed by atoms with van der Waals surface area (Å²) in [4.78, 5) is 21.7. The SMILES string of the molecule is Cc1ccc(F)cc1NC(=O)c1cc(-c2ccncc2)nc2ccccc12. The van der Waals surface area contributed by atoms with E-state index in [4.69, 9.17) is 0 Å². The average Bonchev–Trinajstić information content (AvgIpc) is 2.70. The van der Waals surface area contributed by atoms with Gasteiger partial charge >= 0.3 is 0 Å². The highest BCUT2D eigenvalue weighted by atomic mass is 19.1. The summed E-state index contributed by atoms with van der Waals surface area (Å²) in [6, 6.07) is 17.2. The maximum absolute atomic E-state index is 13.6. The van der Waals surface area contributed by atoms with Crippen LogP contribution in [0.4, 0.5) is 10.1 Å². The van der Waals surface area contributed by atoms with Gasteiger partial charge in [-0.15, -0.1) is 0 Å². The number of hydrogen-bond donors (Lipinski definition) is 1. The molecule has 4 nitrogen and oxygen atoms in total. The van der Waals surface area contributed by atoms with Crippen molar-refractivity contribution in [2.75, 3.05) is 5.32 Å². The van der Waals surface area contributed by atoms with Crippen molar-refractivity contribution in [1.29, 1.82) is 0 Å². The highest BCUT2D eigenvalue weighted by Crippen LogP contribution is 2.26. The smallest absolute Gasteiger partial charge is 0.256 e. The van der Waals surface area contributed by atoms with Crippen molar-refractivity contribution >= 4 is 22.5 Å². The van der Waals surface area contributed by atoms with Gasteiger partial charge in [0.1, 0.15) is 5.82 Å². The predicted molar refractivity (Wildman–Crippen MR) is 104 cm³/mol. The zero-order valence-corrected chi connectivity index (χ0v) is 14.6. The Labute approximate surface area is 155 Å². The maximum atomic E-state index is 13.6. The molecule has 0 atom stereocenters. The van der Waals surface area contributed by atoms with E-state index in [2.05, 4.69) is 15.3 Å². The van der Waals surface area contributed by atoms with Gasteiger partial charge in [-0.05, 0) is 48.9 Å². The first-order valence-corrected chi connectivity index (χ1v) is 8.49. The molecule has 2 heterocycles. The summed E-state index contributed by atoms with van der Waals surface area (Å²) >= 11 is 0. The molecule has 1 amide bonds. The molecule has 0 aliphatic carbocycles. The van der Waals surface area contributed by atoms with Gasteiger partial charge in [0.2, 0.25) is 0 Å². The molecule has 1 N–H and O–H groups in total. The van der Waals surface area contributed by atoms with Crippen molar-refractivity contribution in [3.05, 3.63) is 90.0 Å². The van der Waals surface area contributed by atoms with Crippen LogP contribution in [0.2, 0.25) is 0 Å². The van der Waals surface area contributed by atoms with Crippen molar-refractivity contribution < 1.29 is 9.18 Å². The number of aryl methyl sites for hydroxylation is 1. The number of para-hydroxylation sites is 1. The molecule has 27 heavy (non-hydrogen) atoms. The first-order chi connectivity index (χ1) is 13.1. The maximum Gasteiger partial charge on any atom is 0.256 e. The van der Waals surface area contributed by atoms with Crippen molar-refractivity contribution in [2.24, 2.45) is 0 Å². The highest BCUT2D eigenvalue weighted by molar-refractivity contribution is 6.13. The van der Waals surface area contributed by atoms with Crippen LogP contribution in [-0.2, 0) is 0 Å². The van der Waals surface area contributed by atoms with E-state index < -0.39 is 5.82 Å². The number of anilines is 1. The molecule has 0 bridgehead atoms. The van der Waals surface area contributed by atoms with Gasteiger partial charge in [0, 0.05) is 29.0 Å². The topological polar surface area (TPSA) is 54.9 Å². The van der Waals surface area contributed by atoms with E-state index in [1.807, 2.05) is 43.3 Å². The molecule has 5 heteroatoms. The molecule has 2 aromatic carbocycles. The second kappa shape index (κ2) is 6.96. The first-order valence-electron chi connectivity index (χ1n) is 8.49. The number of carbonyl (C=O) groups excluding carboxylic acids is 1. The molecule has 0 fully saturated rings. The molecule has 0 saturated heterocycles. The number of hydrogen-bond acceptors (Lipinski definition) is 3. The Hall–Kier alpha value is -3.60. The summed E-state index contributed by atoms with van der Waals surface area (Å²) in [6.45, 7) is 1.82. The van der Waals surface area contributed by atoms with Crippen LogP contribution in [0.1, 0.15) is 15.9 Å². The van der Waals surface area contributed by atoms with E-state index in [1.165, 1.54) is 12.1 Å². The number of nitrogens with zero attached hydrogens (tertiary/aromatic N) is 2. The third-order valence-corrected chi connectivity index (χ3v) is 4.38. The van der Waals surface area contributed by atoms with Crippen LogP contribution in [0, 0.1) is 12.7 Å². The lowest BCUT2D eigenvalue weighted by molar-refractivity contribution is 0.102. The van der Waals surface area contributed by atoms with Crippen LogP contribution >= 0.6 is 0 Å². The first kappa shape index (κ1) is 16.8. The number of pyridine rings is 2. The van der Waals surface area contributed by atoms with Gasteiger partial charge in [-0.2, -0.15) is 0 Å². The van der Waals surface area contributed by atoms with Gasteiger partial charge in [0.15, 0.2) is 0 Å². The van der Waals surface area contributed by atoms with Gasteiger partial charge in [-0.3, -0.25) is 9.78 Å². The zero-order valence-electron chi connectivity index (χ0n) is 14.6. The Bertz CT molecular complexity index is 1140. The Morgan fingerprint density at radius 3 is 2.59 bits per heavy atom. The molecular formula is C22H16FN3O. The highest BCUT2D eigenvalue weighted by Gasteiger charge is 2.15. The minimum Gasteiger partial charge on any atom is -0.322 e. The Morgan fingerprint density at radius 1 is 1.00 bits per heavy atom. The Kier molecular flexibility index (Phi) is 4.34. The third-order valence-electron chi connectivity index (χ3n) is 4.38. The third kappa shape index (κ3) is 3.40. The number of rotatable bonds is 3. The molecule has 0 saturated carbocycles. The Balaban J connectivity index is 1.82. The lowest BCUT2D eigenvalue weighted by atomic mass is 10.0. The number of halogens is 1. The lowest BCUT2D eigenvalue weighted by Gasteiger charge is -2.12. The fraction of sp³-hybridized carbons (Fsp3) is 0.0455. The van der Waals surface area contributed by atoms with E-state index in [1.54, 1.807) is 24.5 Å². The summed E-state index contributed by atoms with van der Waals surface area (Å²) < 4.78 is 13.6. The molecule has 4 aromatic rings. The minimum atomic E-state index is -0.395. The fourth-order valence-corrected chi connectivity index (χ4v) is 2.95. The van der Waals surface area contributed by atoms with E-state index in [0.717, 1.165) is 16.5 Å². The molecule has 0 unspecified atom stereocenters. The largest absolute Gasteiger partial charge is 0.322 e. The van der Waals surface area contributed by atoms with Crippen LogP contribution < -0.4 is 5.32 Å². The lowest BCUT2D eigenvalue weighted by Crippen LogP contribution is -2.14. The van der Waals surface area contributed by atoms with E-state index in [9.17, 15) is 9.18 Å². The van der Waals surface area contributed by atoms with Crippen molar-refractivity contribution in [3.63, 3.8) is 0 Å². The number of nitrogens with one attached hydrogen (secondary N) is 1. The average molecular weight is 357 g/mol. The summed E-state index contributed by atoms with van der Waals surface area (Å²) in [5, 5.41) is 3.56. The van der Waals surface area contributed by atoms with Gasteiger partial charge in [-0.1, -0.05) is 24.3 Å². The van der Waals surface area contributed by atoms with Gasteiger partial charge in [-0.25, -0.2) is 9.37 Å². The number of fused-ring (bicyclic) bond motifs is 1. The molecule has 132 valence electrons. The molecule has 0 aliphatic heterocycles. The van der Waals surface area contributed by atoms with Crippen molar-refractivity contribution in [1.82, 2.24) is 9.97 Å². The van der Waals surface area contributed by atoms with Crippen molar-refractivity contribution in [2.45, 2.75) is 6.92 Å². The van der Waals surface area contributed by atoms with E-state index in [0.29, 0.717) is 22.5 Å². The van der Waals surface area contributed by atoms with Gasteiger partial charge < -0.3 is 5.32 Å². The van der Waals surface area contributed by atoms with E-state index >= 15 is 0 Å². The monoisotopic (exact) mass is 357 g/mol. The quantitative estimate of drug-likeness (QED) is 0.561. The number of amides is 1. The second-order valence-electron chi connectivity index (χ2n) is 6.22. The van der Waals surface area contributed by atoms with Crippen molar-refractivity contribution in [3.8, 4) is 11.3 Å². The van der Waals surface area contributed by atoms with Crippen LogP contribution in [0.5, 0.6) is 0 Å². The molecule has 0 radical (unpaired) electrons. The summed E-state index contributed by atoms with van der Waals surface area (Å²) in [6.07, 6.45) is 3.37. The molecule has 4 rings (SSSR count).